The van der Waals surface area contributed by atoms with Gasteiger partial charge in [-0.05, 0) is 48.4 Å². The zero-order valence-electron chi connectivity index (χ0n) is 12.5. The highest BCUT2D eigenvalue weighted by Gasteiger charge is 2.21. The molecule has 0 saturated heterocycles. The van der Waals surface area contributed by atoms with Crippen LogP contribution >= 0.6 is 11.6 Å². The van der Waals surface area contributed by atoms with Gasteiger partial charge in [-0.2, -0.15) is 0 Å². The van der Waals surface area contributed by atoms with Crippen LogP contribution in [-0.2, 0) is 9.84 Å². The number of nitrogens with zero attached hydrogens (tertiary/aromatic N) is 1. The van der Waals surface area contributed by atoms with Crippen molar-refractivity contribution in [2.24, 2.45) is 0 Å². The molecule has 4 nitrogen and oxygen atoms in total. The Morgan fingerprint density at radius 3 is 2.23 bits per heavy atom. The lowest BCUT2D eigenvalue weighted by Gasteiger charge is -2.23. The summed E-state index contributed by atoms with van der Waals surface area (Å²) < 4.78 is 24.2. The zero-order valence-corrected chi connectivity index (χ0v) is 14.1. The first-order chi connectivity index (χ1) is 10.2. The number of sulfone groups is 1. The highest BCUT2D eigenvalue weighted by molar-refractivity contribution is 7.90. The number of anilines is 2. The SMILES string of the molecule is Cc1cc(N(C)c2ccccc2)c(S(C)(=O)=O)cc1C(=O)Cl. The van der Waals surface area contributed by atoms with E-state index in [-0.39, 0.29) is 10.5 Å². The molecule has 0 N–H and O–H groups in total. The number of para-hydroxylation sites is 1. The molecule has 0 aliphatic rings. The largest absolute Gasteiger partial charge is 0.344 e. The second kappa shape index (κ2) is 6.10. The number of hydrogen-bond acceptors (Lipinski definition) is 4. The molecule has 116 valence electrons. The topological polar surface area (TPSA) is 54.5 Å². The van der Waals surface area contributed by atoms with Gasteiger partial charge in [-0.25, -0.2) is 8.42 Å². The van der Waals surface area contributed by atoms with Crippen LogP contribution in [0.25, 0.3) is 0 Å². The molecular formula is C16H16ClNO3S. The standard InChI is InChI=1S/C16H16ClNO3S/c1-11-9-14(18(2)12-7-5-4-6-8-12)15(22(3,20)21)10-13(11)16(17)19/h4-10H,1-3H3. The summed E-state index contributed by atoms with van der Waals surface area (Å²) in [5, 5.41) is -0.670. The molecule has 22 heavy (non-hydrogen) atoms. The van der Waals surface area contributed by atoms with Crippen LogP contribution in [0.2, 0.25) is 0 Å². The Morgan fingerprint density at radius 1 is 1.14 bits per heavy atom. The lowest BCUT2D eigenvalue weighted by molar-refractivity contribution is 0.108. The van der Waals surface area contributed by atoms with E-state index in [1.54, 1.807) is 24.9 Å². The third kappa shape index (κ3) is 3.31. The van der Waals surface area contributed by atoms with Gasteiger partial charge in [-0.3, -0.25) is 4.79 Å². The predicted molar refractivity (Wildman–Crippen MR) is 89.0 cm³/mol. The Bertz CT molecular complexity index is 817. The molecule has 0 heterocycles. The quantitative estimate of drug-likeness (QED) is 0.801. The molecule has 0 aliphatic heterocycles. The molecule has 0 saturated carbocycles. The van der Waals surface area contributed by atoms with E-state index < -0.39 is 15.1 Å². The molecular weight excluding hydrogens is 322 g/mol. The van der Waals surface area contributed by atoms with E-state index in [1.807, 2.05) is 30.3 Å². The highest BCUT2D eigenvalue weighted by Crippen LogP contribution is 2.33. The van der Waals surface area contributed by atoms with Gasteiger partial charge in [0.2, 0.25) is 0 Å². The number of carbonyl (C=O) groups is 1. The van der Waals surface area contributed by atoms with Gasteiger partial charge < -0.3 is 4.90 Å². The molecule has 0 fully saturated rings. The Labute approximate surface area is 135 Å². The minimum absolute atomic E-state index is 0.0773. The van der Waals surface area contributed by atoms with E-state index in [4.69, 9.17) is 11.6 Å². The lowest BCUT2D eigenvalue weighted by Crippen LogP contribution is -2.15. The third-order valence-corrected chi connectivity index (χ3v) is 4.75. The van der Waals surface area contributed by atoms with Gasteiger partial charge in [0, 0.05) is 24.6 Å². The summed E-state index contributed by atoms with van der Waals surface area (Å²) in [6, 6.07) is 12.4. The average Bonchev–Trinajstić information content (AvgIpc) is 2.45. The maximum Gasteiger partial charge on any atom is 0.252 e. The van der Waals surface area contributed by atoms with Gasteiger partial charge in [0.05, 0.1) is 10.6 Å². The third-order valence-electron chi connectivity index (χ3n) is 3.42. The molecule has 0 radical (unpaired) electrons. The van der Waals surface area contributed by atoms with Crippen molar-refractivity contribution in [3.8, 4) is 0 Å². The first kappa shape index (κ1) is 16.5. The van der Waals surface area contributed by atoms with E-state index in [1.165, 1.54) is 6.07 Å². The van der Waals surface area contributed by atoms with E-state index in [0.717, 1.165) is 11.9 Å². The van der Waals surface area contributed by atoms with Crippen molar-refractivity contribution in [3.63, 3.8) is 0 Å². The number of hydrogen-bond donors (Lipinski definition) is 0. The summed E-state index contributed by atoms with van der Waals surface area (Å²) in [5.41, 5.74) is 2.18. The number of benzene rings is 2. The Morgan fingerprint density at radius 2 is 1.73 bits per heavy atom. The van der Waals surface area contributed by atoms with E-state index >= 15 is 0 Å². The van der Waals surface area contributed by atoms with Crippen molar-refractivity contribution >= 4 is 38.1 Å². The van der Waals surface area contributed by atoms with E-state index in [0.29, 0.717) is 11.3 Å². The van der Waals surface area contributed by atoms with Gasteiger partial charge in [0.1, 0.15) is 0 Å². The maximum atomic E-state index is 12.1. The molecule has 2 rings (SSSR count). The fourth-order valence-corrected chi connectivity index (χ4v) is 3.35. The fourth-order valence-electron chi connectivity index (χ4n) is 2.23. The van der Waals surface area contributed by atoms with Crippen LogP contribution < -0.4 is 4.90 Å². The maximum absolute atomic E-state index is 12.1. The first-order valence-electron chi connectivity index (χ1n) is 6.55. The van der Waals surface area contributed by atoms with Gasteiger partial charge >= 0.3 is 0 Å². The van der Waals surface area contributed by atoms with Gasteiger partial charge in [0.15, 0.2) is 9.84 Å². The van der Waals surface area contributed by atoms with Gasteiger partial charge in [-0.1, -0.05) is 18.2 Å². The van der Waals surface area contributed by atoms with Gasteiger partial charge in [-0.15, -0.1) is 0 Å². The molecule has 0 unspecified atom stereocenters. The Kier molecular flexibility index (Phi) is 4.58. The Balaban J connectivity index is 2.70. The normalized spacial score (nSPS) is 11.3. The molecule has 0 aliphatic carbocycles. The van der Waals surface area contributed by atoms with Crippen molar-refractivity contribution in [2.45, 2.75) is 11.8 Å². The molecule has 0 amide bonds. The summed E-state index contributed by atoms with van der Waals surface area (Å²) in [6.07, 6.45) is 1.11. The fraction of sp³-hybridized carbons (Fsp3) is 0.188. The van der Waals surface area contributed by atoms with Crippen LogP contribution in [-0.4, -0.2) is 27.0 Å². The van der Waals surface area contributed by atoms with Crippen molar-refractivity contribution in [1.29, 1.82) is 0 Å². The molecule has 0 bridgehead atoms. The summed E-state index contributed by atoms with van der Waals surface area (Å²) in [4.78, 5) is 13.3. The summed E-state index contributed by atoms with van der Waals surface area (Å²) in [7, 11) is -1.73. The van der Waals surface area contributed by atoms with Crippen molar-refractivity contribution in [1.82, 2.24) is 0 Å². The average molecular weight is 338 g/mol. The minimum atomic E-state index is -3.51. The Hall–Kier alpha value is -1.85. The van der Waals surface area contributed by atoms with Crippen LogP contribution in [0.3, 0.4) is 0 Å². The van der Waals surface area contributed by atoms with Crippen molar-refractivity contribution in [2.75, 3.05) is 18.2 Å². The van der Waals surface area contributed by atoms with E-state index in [9.17, 15) is 13.2 Å². The van der Waals surface area contributed by atoms with Crippen LogP contribution in [0.4, 0.5) is 11.4 Å². The van der Waals surface area contributed by atoms with Crippen molar-refractivity contribution in [3.05, 3.63) is 53.6 Å². The summed E-state index contributed by atoms with van der Waals surface area (Å²) >= 11 is 5.53. The second-order valence-corrected chi connectivity index (χ2v) is 7.40. The predicted octanol–water partition coefficient (Wildman–Crippen LogP) is 3.55. The molecule has 2 aromatic carbocycles. The summed E-state index contributed by atoms with van der Waals surface area (Å²) in [6.45, 7) is 1.73. The smallest absolute Gasteiger partial charge is 0.252 e. The number of aryl methyl sites for hydroxylation is 1. The minimum Gasteiger partial charge on any atom is -0.344 e. The monoisotopic (exact) mass is 337 g/mol. The molecule has 2 aromatic rings. The molecule has 0 atom stereocenters. The van der Waals surface area contributed by atoms with Crippen molar-refractivity contribution < 1.29 is 13.2 Å². The van der Waals surface area contributed by atoms with Crippen LogP contribution in [0.1, 0.15) is 15.9 Å². The van der Waals surface area contributed by atoms with Crippen LogP contribution in [0, 0.1) is 6.92 Å². The molecule has 0 spiro atoms. The lowest BCUT2D eigenvalue weighted by atomic mass is 10.1. The zero-order chi connectivity index (χ0) is 16.5. The van der Waals surface area contributed by atoms with Crippen LogP contribution in [0.5, 0.6) is 0 Å². The molecule has 0 aromatic heterocycles. The van der Waals surface area contributed by atoms with E-state index in [2.05, 4.69) is 0 Å². The molecule has 6 heteroatoms. The first-order valence-corrected chi connectivity index (χ1v) is 8.82. The van der Waals surface area contributed by atoms with Gasteiger partial charge in [0.25, 0.3) is 5.24 Å². The number of carbonyl (C=O) groups excluding carboxylic acids is 1. The number of halogens is 1. The summed E-state index contributed by atoms with van der Waals surface area (Å²) in [5.74, 6) is 0. The number of rotatable bonds is 4. The van der Waals surface area contributed by atoms with Crippen LogP contribution in [0.15, 0.2) is 47.4 Å². The second-order valence-electron chi connectivity index (χ2n) is 5.08. The highest BCUT2D eigenvalue weighted by atomic mass is 35.5.